The molecule has 2 heterocycles. The monoisotopic (exact) mass is 464 g/mol. The zero-order valence-electron chi connectivity index (χ0n) is 19.3. The second-order valence-electron chi connectivity index (χ2n) is 9.02. The summed E-state index contributed by atoms with van der Waals surface area (Å²) in [6.07, 6.45) is 1.72. The number of hydrogen-bond acceptors (Lipinski definition) is 6. The molecule has 0 atom stereocenters. The number of nitrogens with one attached hydrogen (secondary N) is 1. The van der Waals surface area contributed by atoms with Gasteiger partial charge in [0.25, 0.3) is 0 Å². The van der Waals surface area contributed by atoms with E-state index in [9.17, 15) is 4.79 Å². The second kappa shape index (κ2) is 9.31. The fourth-order valence-electron chi connectivity index (χ4n) is 4.05. The van der Waals surface area contributed by atoms with Crippen LogP contribution >= 0.6 is 12.2 Å². The van der Waals surface area contributed by atoms with Gasteiger partial charge in [-0.1, -0.05) is 29.3 Å². The quantitative estimate of drug-likeness (QED) is 0.364. The van der Waals surface area contributed by atoms with Crippen LogP contribution in [0.1, 0.15) is 49.8 Å². The number of nitrogens with zero attached hydrogens (tertiary/aromatic N) is 3. The van der Waals surface area contributed by atoms with Crippen LogP contribution in [-0.4, -0.2) is 38.9 Å². The normalized spacial score (nSPS) is 14.9. The Hall–Kier alpha value is -3.26. The third-order valence-corrected chi connectivity index (χ3v) is 5.73. The van der Waals surface area contributed by atoms with Gasteiger partial charge in [0.2, 0.25) is 5.91 Å². The van der Waals surface area contributed by atoms with E-state index >= 15 is 0 Å². The average Bonchev–Trinajstić information content (AvgIpc) is 3.33. The van der Waals surface area contributed by atoms with Crippen LogP contribution in [0, 0.1) is 18.7 Å². The number of aryl methyl sites for hydroxylation is 2. The van der Waals surface area contributed by atoms with E-state index in [-0.39, 0.29) is 16.3 Å². The molecule has 0 unspecified atom stereocenters. The average molecular weight is 465 g/mol. The third kappa shape index (κ3) is 5.39. The van der Waals surface area contributed by atoms with Crippen LogP contribution in [0.3, 0.4) is 0 Å². The van der Waals surface area contributed by atoms with Crippen molar-refractivity contribution in [3.8, 4) is 17.1 Å². The van der Waals surface area contributed by atoms with E-state index in [1.807, 2.05) is 24.3 Å². The molecule has 7 nitrogen and oxygen atoms in total. The van der Waals surface area contributed by atoms with Gasteiger partial charge in [-0.25, -0.2) is 10.2 Å². The lowest BCUT2D eigenvalue weighted by Crippen LogP contribution is -2.40. The summed E-state index contributed by atoms with van der Waals surface area (Å²) in [5.74, 6) is 1.32. The maximum Gasteiger partial charge on any atom is 0.314 e. The van der Waals surface area contributed by atoms with Gasteiger partial charge in [-0.3, -0.25) is 4.79 Å². The van der Waals surface area contributed by atoms with E-state index in [1.54, 1.807) is 5.01 Å². The lowest BCUT2D eigenvalue weighted by atomic mass is 9.93. The number of H-pyrrole nitrogens is 1. The van der Waals surface area contributed by atoms with Crippen molar-refractivity contribution in [2.75, 3.05) is 6.61 Å². The molecule has 1 aromatic heterocycles. The van der Waals surface area contributed by atoms with Gasteiger partial charge in [0, 0.05) is 18.4 Å². The molecule has 33 heavy (non-hydrogen) atoms. The minimum atomic E-state index is -0.343. The van der Waals surface area contributed by atoms with Crippen LogP contribution in [0.2, 0.25) is 0 Å². The highest BCUT2D eigenvalue weighted by atomic mass is 32.1. The van der Waals surface area contributed by atoms with Crippen molar-refractivity contribution in [3.05, 3.63) is 64.0 Å². The molecule has 3 aromatic rings. The Labute approximate surface area is 198 Å². The highest BCUT2D eigenvalue weighted by molar-refractivity contribution is 7.71. The summed E-state index contributed by atoms with van der Waals surface area (Å²) >= 11 is 4.87. The molecule has 0 fully saturated rings. The van der Waals surface area contributed by atoms with Crippen LogP contribution in [-0.2, 0) is 4.79 Å². The summed E-state index contributed by atoms with van der Waals surface area (Å²) in [4.78, 5) is 17.2. The SMILES string of the molecule is Cc1cc(C)cc(C2=NN(C(=O)CCCOc3ccc(-c4nc(=S)o[nH]4)cc3)C(C)(C)C2)c1. The lowest BCUT2D eigenvalue weighted by molar-refractivity contribution is -0.135. The number of rotatable bonds is 7. The molecule has 1 N–H and O–H groups in total. The summed E-state index contributed by atoms with van der Waals surface area (Å²) < 4.78 is 10.8. The van der Waals surface area contributed by atoms with Gasteiger partial charge in [0.05, 0.1) is 17.9 Å². The number of carbonyl (C=O) groups is 1. The molecule has 1 aliphatic rings. The molecule has 2 aromatic carbocycles. The van der Waals surface area contributed by atoms with Gasteiger partial charge >= 0.3 is 4.84 Å². The molecule has 1 amide bonds. The molecule has 0 aliphatic carbocycles. The zero-order valence-corrected chi connectivity index (χ0v) is 20.2. The van der Waals surface area contributed by atoms with Gasteiger partial charge in [0.15, 0.2) is 5.82 Å². The summed E-state index contributed by atoms with van der Waals surface area (Å²) in [6, 6.07) is 13.9. The van der Waals surface area contributed by atoms with E-state index in [1.165, 1.54) is 11.1 Å². The second-order valence-corrected chi connectivity index (χ2v) is 9.37. The van der Waals surface area contributed by atoms with Gasteiger partial charge in [-0.15, -0.1) is 0 Å². The molecule has 0 radical (unpaired) electrons. The fraction of sp³-hybridized carbons (Fsp3) is 0.360. The van der Waals surface area contributed by atoms with E-state index in [2.05, 4.69) is 56.0 Å². The molecule has 0 bridgehead atoms. The molecule has 0 saturated heterocycles. The Morgan fingerprint density at radius 1 is 1.15 bits per heavy atom. The van der Waals surface area contributed by atoms with E-state index in [0.717, 1.165) is 29.0 Å². The van der Waals surface area contributed by atoms with Crippen molar-refractivity contribution in [3.63, 3.8) is 0 Å². The fourth-order valence-corrected chi connectivity index (χ4v) is 4.18. The first kappa shape index (κ1) is 22.9. The molecular weight excluding hydrogens is 436 g/mol. The Bertz CT molecular complexity index is 1220. The number of aromatic nitrogens is 2. The third-order valence-electron chi connectivity index (χ3n) is 5.55. The van der Waals surface area contributed by atoms with Crippen molar-refractivity contribution in [2.45, 2.75) is 52.5 Å². The Balaban J connectivity index is 1.31. The van der Waals surface area contributed by atoms with Crippen molar-refractivity contribution in [1.29, 1.82) is 0 Å². The van der Waals surface area contributed by atoms with Crippen LogP contribution in [0.4, 0.5) is 0 Å². The number of benzene rings is 2. The number of hydrazone groups is 1. The standard InChI is InChI=1S/C25H28N4O3S/c1-16-12-17(2)14-19(13-16)21-15-25(3,4)29(27-21)22(30)6-5-11-31-20-9-7-18(8-10-20)23-26-24(33)32-28-23/h7-10,12-14H,5-6,11,15H2,1-4H3,(H,26,28,33). The summed E-state index contributed by atoms with van der Waals surface area (Å²) in [6.45, 7) is 8.72. The van der Waals surface area contributed by atoms with Crippen molar-refractivity contribution in [2.24, 2.45) is 5.10 Å². The molecular formula is C25H28N4O3S. The Morgan fingerprint density at radius 3 is 2.48 bits per heavy atom. The number of aromatic amines is 1. The first-order valence-electron chi connectivity index (χ1n) is 11.0. The number of ether oxygens (including phenoxy) is 1. The minimum Gasteiger partial charge on any atom is -0.494 e. The maximum absolute atomic E-state index is 12.9. The first-order valence-corrected chi connectivity index (χ1v) is 11.4. The molecule has 0 saturated carbocycles. The predicted molar refractivity (Wildman–Crippen MR) is 130 cm³/mol. The zero-order chi connectivity index (χ0) is 23.6. The molecule has 172 valence electrons. The molecule has 4 rings (SSSR count). The highest BCUT2D eigenvalue weighted by Gasteiger charge is 2.38. The van der Waals surface area contributed by atoms with Crippen molar-refractivity contribution in [1.82, 2.24) is 15.1 Å². The van der Waals surface area contributed by atoms with Crippen LogP contribution < -0.4 is 4.74 Å². The topological polar surface area (TPSA) is 83.7 Å². The van der Waals surface area contributed by atoms with Gasteiger partial charge in [0.1, 0.15) is 5.75 Å². The van der Waals surface area contributed by atoms with E-state index in [4.69, 9.17) is 26.6 Å². The van der Waals surface area contributed by atoms with Gasteiger partial charge in [-0.05, 0) is 76.2 Å². The van der Waals surface area contributed by atoms with Crippen molar-refractivity contribution < 1.29 is 14.1 Å². The molecule has 0 spiro atoms. The Morgan fingerprint density at radius 2 is 1.85 bits per heavy atom. The minimum absolute atomic E-state index is 0.0135. The number of hydrogen-bond donors (Lipinski definition) is 1. The summed E-state index contributed by atoms with van der Waals surface area (Å²) in [7, 11) is 0. The molecule has 8 heteroatoms. The van der Waals surface area contributed by atoms with Gasteiger partial charge in [-0.2, -0.15) is 10.1 Å². The first-order chi connectivity index (χ1) is 15.7. The number of amides is 1. The lowest BCUT2D eigenvalue weighted by Gasteiger charge is -2.28. The molecule has 1 aliphatic heterocycles. The largest absolute Gasteiger partial charge is 0.494 e. The Kier molecular flexibility index (Phi) is 6.47. The van der Waals surface area contributed by atoms with Gasteiger partial charge < -0.3 is 9.26 Å². The summed E-state index contributed by atoms with van der Waals surface area (Å²) in [5.41, 5.74) is 4.96. The van der Waals surface area contributed by atoms with Crippen LogP contribution in [0.15, 0.2) is 52.1 Å². The number of carbonyl (C=O) groups excluding carboxylic acids is 1. The predicted octanol–water partition coefficient (Wildman–Crippen LogP) is 5.59. The van der Waals surface area contributed by atoms with Crippen molar-refractivity contribution >= 4 is 23.8 Å². The smallest absolute Gasteiger partial charge is 0.314 e. The van der Waals surface area contributed by atoms with Crippen LogP contribution in [0.5, 0.6) is 5.75 Å². The maximum atomic E-state index is 12.9. The summed E-state index contributed by atoms with van der Waals surface area (Å²) in [5, 5.41) is 9.03. The van der Waals surface area contributed by atoms with E-state index < -0.39 is 0 Å². The highest BCUT2D eigenvalue weighted by Crippen LogP contribution is 2.31. The van der Waals surface area contributed by atoms with E-state index in [0.29, 0.717) is 25.3 Å². The van der Waals surface area contributed by atoms with Crippen LogP contribution in [0.25, 0.3) is 11.4 Å².